The van der Waals surface area contributed by atoms with Crippen molar-refractivity contribution in [1.82, 2.24) is 10.2 Å². The molecule has 0 aliphatic heterocycles. The second-order valence-corrected chi connectivity index (χ2v) is 6.40. The molecule has 0 heterocycles. The summed E-state index contributed by atoms with van der Waals surface area (Å²) in [6.07, 6.45) is 4.40. The van der Waals surface area contributed by atoms with Crippen LogP contribution >= 0.6 is 0 Å². The lowest BCUT2D eigenvalue weighted by atomic mass is 9.87. The Hall–Kier alpha value is -1.26. The van der Waals surface area contributed by atoms with Crippen LogP contribution in [0.3, 0.4) is 0 Å². The third-order valence-corrected chi connectivity index (χ3v) is 4.45. The number of hydrogen-bond donors (Lipinski definition) is 2. The molecular weight excluding hydrogens is 256 g/mol. The molecule has 0 bridgehead atoms. The van der Waals surface area contributed by atoms with Gasteiger partial charge in [-0.15, -0.1) is 0 Å². The average Bonchev–Trinajstić information content (AvgIpc) is 2.38. The van der Waals surface area contributed by atoms with Gasteiger partial charge in [-0.2, -0.15) is 0 Å². The first kappa shape index (κ1) is 16.8. The molecule has 0 aromatic heterocycles. The normalized spacial score (nSPS) is 24.2. The fourth-order valence-electron chi connectivity index (χ4n) is 2.73. The molecule has 2 N–H and O–H groups in total. The van der Waals surface area contributed by atoms with Gasteiger partial charge in [0.2, 0.25) is 0 Å². The van der Waals surface area contributed by atoms with Gasteiger partial charge >= 0.3 is 12.0 Å². The Morgan fingerprint density at radius 3 is 2.25 bits per heavy atom. The summed E-state index contributed by atoms with van der Waals surface area (Å²) in [6.45, 7) is 6.16. The molecule has 0 saturated heterocycles. The van der Waals surface area contributed by atoms with Gasteiger partial charge in [-0.25, -0.2) is 4.79 Å². The van der Waals surface area contributed by atoms with E-state index >= 15 is 0 Å². The van der Waals surface area contributed by atoms with Crippen LogP contribution in [-0.2, 0) is 4.79 Å². The summed E-state index contributed by atoms with van der Waals surface area (Å²) < 4.78 is 0. The number of carbonyl (C=O) groups is 2. The highest BCUT2D eigenvalue weighted by molar-refractivity contribution is 5.76. The third kappa shape index (κ3) is 4.69. The summed E-state index contributed by atoms with van der Waals surface area (Å²) in [5, 5.41) is 11.9. The van der Waals surface area contributed by atoms with Crippen LogP contribution in [0.25, 0.3) is 0 Å². The highest BCUT2D eigenvalue weighted by Gasteiger charge is 2.26. The molecule has 1 unspecified atom stereocenters. The number of carbonyl (C=O) groups excluding carboxylic acids is 1. The van der Waals surface area contributed by atoms with Crippen LogP contribution in [0.15, 0.2) is 0 Å². The lowest BCUT2D eigenvalue weighted by molar-refractivity contribution is -0.142. The summed E-state index contributed by atoms with van der Waals surface area (Å²) in [5.74, 6) is -0.623. The molecule has 5 nitrogen and oxygen atoms in total. The van der Waals surface area contributed by atoms with Crippen LogP contribution in [0.1, 0.15) is 46.5 Å². The Labute approximate surface area is 121 Å². The number of carboxylic acids is 1. The van der Waals surface area contributed by atoms with Gasteiger partial charge in [0.25, 0.3) is 0 Å². The second-order valence-electron chi connectivity index (χ2n) is 6.40. The zero-order chi connectivity index (χ0) is 15.3. The summed E-state index contributed by atoms with van der Waals surface area (Å²) in [5.41, 5.74) is 0. The van der Waals surface area contributed by atoms with E-state index in [1.54, 1.807) is 11.9 Å². The molecule has 1 aliphatic rings. The molecule has 1 aliphatic carbocycles. The molecule has 0 radical (unpaired) electrons. The van der Waals surface area contributed by atoms with E-state index in [1.807, 2.05) is 13.8 Å². The number of hydrogen-bond acceptors (Lipinski definition) is 2. The molecular formula is C15H28N2O3. The maximum atomic E-state index is 12.1. The van der Waals surface area contributed by atoms with Crippen molar-refractivity contribution in [2.75, 3.05) is 13.6 Å². The van der Waals surface area contributed by atoms with Crippen LogP contribution in [0, 0.1) is 17.8 Å². The maximum Gasteiger partial charge on any atom is 0.317 e. The molecule has 1 rings (SSSR count). The molecule has 0 aromatic carbocycles. The number of urea groups is 1. The molecule has 1 saturated carbocycles. The van der Waals surface area contributed by atoms with Gasteiger partial charge in [0.1, 0.15) is 0 Å². The number of nitrogens with zero attached hydrogens (tertiary/aromatic N) is 1. The molecule has 1 atom stereocenters. The Kier molecular flexibility index (Phi) is 6.30. The van der Waals surface area contributed by atoms with Crippen molar-refractivity contribution < 1.29 is 14.7 Å². The summed E-state index contributed by atoms with van der Waals surface area (Å²) in [4.78, 5) is 24.9. The minimum atomic E-state index is -0.852. The Morgan fingerprint density at radius 2 is 1.80 bits per heavy atom. The van der Waals surface area contributed by atoms with E-state index < -0.39 is 11.9 Å². The summed E-state index contributed by atoms with van der Waals surface area (Å²) in [6, 6.07) is 0.130. The van der Waals surface area contributed by atoms with Crippen molar-refractivity contribution >= 4 is 12.0 Å². The fourth-order valence-corrected chi connectivity index (χ4v) is 2.73. The number of amides is 2. The first-order chi connectivity index (χ1) is 9.32. The van der Waals surface area contributed by atoms with E-state index in [1.165, 1.54) is 0 Å². The van der Waals surface area contributed by atoms with Crippen LogP contribution in [0.2, 0.25) is 0 Å². The van der Waals surface area contributed by atoms with Gasteiger partial charge < -0.3 is 15.3 Å². The molecule has 20 heavy (non-hydrogen) atoms. The Bertz CT molecular complexity index is 336. The lowest BCUT2D eigenvalue weighted by Crippen LogP contribution is -2.47. The fraction of sp³-hybridized carbons (Fsp3) is 0.867. The van der Waals surface area contributed by atoms with Gasteiger partial charge in [-0.1, -0.05) is 20.8 Å². The van der Waals surface area contributed by atoms with Crippen molar-refractivity contribution in [2.24, 2.45) is 17.8 Å². The molecule has 116 valence electrons. The number of nitrogens with one attached hydrogen (secondary N) is 1. The van der Waals surface area contributed by atoms with Gasteiger partial charge in [0.15, 0.2) is 0 Å². The van der Waals surface area contributed by atoms with E-state index in [0.717, 1.165) is 31.6 Å². The highest BCUT2D eigenvalue weighted by Crippen LogP contribution is 2.26. The van der Waals surface area contributed by atoms with E-state index in [0.29, 0.717) is 0 Å². The molecule has 1 fully saturated rings. The lowest BCUT2D eigenvalue weighted by Gasteiger charge is -2.34. The quantitative estimate of drug-likeness (QED) is 0.815. The average molecular weight is 284 g/mol. The van der Waals surface area contributed by atoms with Crippen molar-refractivity contribution in [3.8, 4) is 0 Å². The first-order valence-corrected chi connectivity index (χ1v) is 7.56. The molecule has 0 spiro atoms. The number of rotatable bonds is 5. The smallest absolute Gasteiger partial charge is 0.317 e. The largest absolute Gasteiger partial charge is 0.481 e. The number of carboxylic acid groups (broad SMARTS) is 1. The molecule has 2 amide bonds. The molecule has 5 heteroatoms. The van der Waals surface area contributed by atoms with Gasteiger partial charge in [-0.05, 0) is 37.5 Å². The number of aliphatic carboxylic acids is 1. The van der Waals surface area contributed by atoms with E-state index in [2.05, 4.69) is 12.2 Å². The first-order valence-electron chi connectivity index (χ1n) is 7.56. The van der Waals surface area contributed by atoms with E-state index in [9.17, 15) is 9.59 Å². The zero-order valence-electron chi connectivity index (χ0n) is 13.1. The van der Waals surface area contributed by atoms with Crippen LogP contribution < -0.4 is 5.32 Å². The zero-order valence-corrected chi connectivity index (χ0v) is 13.1. The van der Waals surface area contributed by atoms with Gasteiger partial charge in [0.05, 0.1) is 5.92 Å². The standard InChI is InChI=1S/C15H28N2O3/c1-10(2)13(14(18)19)9-16-15(20)17(4)12-7-5-11(3)6-8-12/h10-13H,5-9H2,1-4H3,(H,16,20)(H,18,19). The topological polar surface area (TPSA) is 69.6 Å². The summed E-state index contributed by atoms with van der Waals surface area (Å²) in [7, 11) is 1.81. The Balaban J connectivity index is 2.43. The van der Waals surface area contributed by atoms with Crippen molar-refractivity contribution in [2.45, 2.75) is 52.5 Å². The van der Waals surface area contributed by atoms with Crippen LogP contribution in [-0.4, -0.2) is 41.6 Å². The second kappa shape index (κ2) is 7.50. The van der Waals surface area contributed by atoms with Crippen LogP contribution in [0.4, 0.5) is 4.79 Å². The van der Waals surface area contributed by atoms with Crippen molar-refractivity contribution in [3.63, 3.8) is 0 Å². The van der Waals surface area contributed by atoms with Gasteiger partial charge in [-0.3, -0.25) is 4.79 Å². The highest BCUT2D eigenvalue weighted by atomic mass is 16.4. The maximum absolute atomic E-state index is 12.1. The monoisotopic (exact) mass is 284 g/mol. The van der Waals surface area contributed by atoms with Crippen LogP contribution in [0.5, 0.6) is 0 Å². The predicted octanol–water partition coefficient (Wildman–Crippen LogP) is 2.56. The predicted molar refractivity (Wildman–Crippen MR) is 78.5 cm³/mol. The molecule has 0 aromatic rings. The minimum absolute atomic E-state index is 0.00800. The van der Waals surface area contributed by atoms with Crippen molar-refractivity contribution in [3.05, 3.63) is 0 Å². The minimum Gasteiger partial charge on any atom is -0.481 e. The summed E-state index contributed by atoms with van der Waals surface area (Å²) >= 11 is 0. The van der Waals surface area contributed by atoms with Gasteiger partial charge in [0, 0.05) is 19.6 Å². The third-order valence-electron chi connectivity index (χ3n) is 4.45. The van der Waals surface area contributed by atoms with E-state index in [4.69, 9.17) is 5.11 Å². The van der Waals surface area contributed by atoms with E-state index in [-0.39, 0.29) is 24.5 Å². The SMILES string of the molecule is CC1CCC(N(C)C(=O)NCC(C(=O)O)C(C)C)CC1. The Morgan fingerprint density at radius 1 is 1.25 bits per heavy atom. The van der Waals surface area contributed by atoms with Crippen molar-refractivity contribution in [1.29, 1.82) is 0 Å².